The van der Waals surface area contributed by atoms with Gasteiger partial charge in [-0.1, -0.05) is 11.2 Å². The molecule has 3 rings (SSSR count). The van der Waals surface area contributed by atoms with Gasteiger partial charge in [0.15, 0.2) is 10.8 Å². The van der Waals surface area contributed by atoms with Crippen LogP contribution < -0.4 is 11.1 Å². The fourth-order valence-electron chi connectivity index (χ4n) is 2.86. The molecule has 3 atom stereocenters. The molecule has 0 spiro atoms. The lowest BCUT2D eigenvalue weighted by molar-refractivity contribution is -0.156. The number of thiazole rings is 1. The molecule has 2 fully saturated rings. The summed E-state index contributed by atoms with van der Waals surface area (Å²) in [5.74, 6) is -2.78. The highest BCUT2D eigenvalue weighted by Crippen LogP contribution is 2.42. The third kappa shape index (κ3) is 3.82. The van der Waals surface area contributed by atoms with Crippen molar-refractivity contribution in [1.82, 2.24) is 15.2 Å². The van der Waals surface area contributed by atoms with Gasteiger partial charge in [-0.2, -0.15) is 0 Å². The first kappa shape index (κ1) is 20.8. The van der Waals surface area contributed by atoms with Gasteiger partial charge >= 0.3 is 11.9 Å². The number of thioether (sulfide) groups is 1. The molecule has 0 radical (unpaired) electrons. The summed E-state index contributed by atoms with van der Waals surface area (Å²) in [4.78, 5) is 57.7. The molecular weight excluding hydrogens is 422 g/mol. The molecule has 4 N–H and O–H groups in total. The Morgan fingerprint density at radius 3 is 2.83 bits per heavy atom. The lowest BCUT2D eigenvalue weighted by atomic mass is 9.87. The van der Waals surface area contributed by atoms with Gasteiger partial charge in [-0.05, 0) is 0 Å². The normalized spacial score (nSPS) is 26.2. The molecule has 0 aromatic carbocycles. The van der Waals surface area contributed by atoms with E-state index in [1.54, 1.807) is 0 Å². The molecule has 1 aromatic rings. The summed E-state index contributed by atoms with van der Waals surface area (Å²) in [6.07, 6.45) is 1.33. The van der Waals surface area contributed by atoms with Gasteiger partial charge < -0.3 is 25.9 Å². The standard InChI is InChI=1S/C16H17N5O6S2/c1-3-16(14(25)26)5-21-12(24)10(13(21)29-6-16)19-11(23)9(20-27-7(2)22)8-4-28-15(17)18-8/h3-4,10,13H,1,5-6H2,2H3,(H2,17,18)(H,19,23)(H,25,26)/t10?,13-,16?/m1/s1. The van der Waals surface area contributed by atoms with Crippen molar-refractivity contribution in [2.75, 3.05) is 18.0 Å². The quantitative estimate of drug-likeness (QED) is 0.177. The minimum Gasteiger partial charge on any atom is -0.481 e. The first-order chi connectivity index (χ1) is 13.7. The molecule has 2 unspecified atom stereocenters. The van der Waals surface area contributed by atoms with Crippen molar-refractivity contribution in [1.29, 1.82) is 0 Å². The van der Waals surface area contributed by atoms with Crippen LogP contribution in [0.4, 0.5) is 5.13 Å². The molecule has 1 aromatic heterocycles. The molecule has 29 heavy (non-hydrogen) atoms. The molecular formula is C16H17N5O6S2. The number of aromatic nitrogens is 1. The van der Waals surface area contributed by atoms with Crippen molar-refractivity contribution in [2.24, 2.45) is 10.6 Å². The van der Waals surface area contributed by atoms with Crippen molar-refractivity contribution in [3.05, 3.63) is 23.7 Å². The SMILES string of the molecule is C=CC1(C(=O)O)CS[C@@H]2C(NC(=O)C(=NOC(C)=O)c3csc(N)n3)C(=O)N2C1. The summed E-state index contributed by atoms with van der Waals surface area (Å²) in [6, 6.07) is -0.873. The van der Waals surface area contributed by atoms with E-state index in [1.807, 2.05) is 0 Å². The van der Waals surface area contributed by atoms with Crippen LogP contribution in [0, 0.1) is 5.41 Å². The number of rotatable bonds is 6. The van der Waals surface area contributed by atoms with E-state index in [2.05, 4.69) is 26.9 Å². The van der Waals surface area contributed by atoms with E-state index in [9.17, 15) is 24.3 Å². The summed E-state index contributed by atoms with van der Waals surface area (Å²) in [6.45, 7) is 4.67. The van der Waals surface area contributed by atoms with Crippen molar-refractivity contribution in [3.8, 4) is 0 Å². The second-order valence-corrected chi connectivity index (χ2v) is 8.37. The van der Waals surface area contributed by atoms with Crippen LogP contribution in [-0.2, 0) is 24.0 Å². The topological polar surface area (TPSA) is 164 Å². The van der Waals surface area contributed by atoms with E-state index >= 15 is 0 Å². The van der Waals surface area contributed by atoms with Crippen molar-refractivity contribution in [3.63, 3.8) is 0 Å². The fourth-order valence-corrected chi connectivity index (χ4v) is 4.94. The van der Waals surface area contributed by atoms with E-state index in [0.717, 1.165) is 18.3 Å². The van der Waals surface area contributed by atoms with Gasteiger partial charge in [0.05, 0.1) is 0 Å². The first-order valence-electron chi connectivity index (χ1n) is 8.25. The fraction of sp³-hybridized carbons (Fsp3) is 0.375. The van der Waals surface area contributed by atoms with Gasteiger partial charge in [0, 0.05) is 24.6 Å². The largest absolute Gasteiger partial charge is 0.481 e. The Bertz CT molecular complexity index is 931. The molecule has 2 aliphatic heterocycles. The number of amides is 2. The molecule has 0 saturated carbocycles. The molecule has 2 aliphatic rings. The van der Waals surface area contributed by atoms with Crippen LogP contribution in [0.15, 0.2) is 23.2 Å². The van der Waals surface area contributed by atoms with Crippen LogP contribution in [0.3, 0.4) is 0 Å². The summed E-state index contributed by atoms with van der Waals surface area (Å²) in [5.41, 5.74) is 4.15. The predicted octanol–water partition coefficient (Wildman–Crippen LogP) is -0.351. The average molecular weight is 439 g/mol. The number of oxime groups is 1. The van der Waals surface area contributed by atoms with Gasteiger partial charge in [0.1, 0.15) is 22.5 Å². The van der Waals surface area contributed by atoms with Gasteiger partial charge in [0.25, 0.3) is 5.91 Å². The van der Waals surface area contributed by atoms with Crippen molar-refractivity contribution >= 4 is 57.7 Å². The lowest BCUT2D eigenvalue weighted by Crippen LogP contribution is -2.73. The average Bonchev–Trinajstić information content (AvgIpc) is 3.11. The number of hydrogen-bond donors (Lipinski definition) is 3. The second-order valence-electron chi connectivity index (χ2n) is 6.38. The van der Waals surface area contributed by atoms with E-state index < -0.39 is 40.6 Å². The number of nitrogen functional groups attached to an aromatic ring is 1. The smallest absolute Gasteiger partial charge is 0.332 e. The minimum atomic E-state index is -1.23. The number of carboxylic acid groups (broad SMARTS) is 1. The number of hydrogen-bond acceptors (Lipinski definition) is 10. The summed E-state index contributed by atoms with van der Waals surface area (Å²) in [7, 11) is 0. The molecule has 154 valence electrons. The Hall–Kier alpha value is -2.93. The predicted molar refractivity (Wildman–Crippen MR) is 105 cm³/mol. The Morgan fingerprint density at radius 2 is 2.28 bits per heavy atom. The number of anilines is 1. The Labute approximate surface area is 173 Å². The van der Waals surface area contributed by atoms with E-state index in [1.165, 1.54) is 28.1 Å². The van der Waals surface area contributed by atoms with Crippen LogP contribution in [-0.4, -0.2) is 68.2 Å². The molecule has 2 saturated heterocycles. The van der Waals surface area contributed by atoms with Crippen LogP contribution in [0.2, 0.25) is 0 Å². The second kappa shape index (κ2) is 7.83. The summed E-state index contributed by atoms with van der Waals surface area (Å²) >= 11 is 2.30. The number of nitrogens with two attached hydrogens (primary N) is 1. The molecule has 3 heterocycles. The number of nitrogens with one attached hydrogen (secondary N) is 1. The van der Waals surface area contributed by atoms with E-state index in [4.69, 9.17) is 5.73 Å². The third-order valence-corrected chi connectivity index (χ3v) is 6.68. The summed E-state index contributed by atoms with van der Waals surface area (Å²) < 4.78 is 0. The van der Waals surface area contributed by atoms with Crippen LogP contribution >= 0.6 is 23.1 Å². The third-order valence-electron chi connectivity index (χ3n) is 4.45. The number of β-lactam (4-membered cyclic amide) rings is 1. The molecule has 0 bridgehead atoms. The molecule has 0 aliphatic carbocycles. The molecule has 13 heteroatoms. The van der Waals surface area contributed by atoms with Crippen molar-refractivity contribution < 1.29 is 29.1 Å². The zero-order valence-corrected chi connectivity index (χ0v) is 16.8. The number of carbonyl (C=O) groups is 4. The van der Waals surface area contributed by atoms with Crippen LogP contribution in [0.25, 0.3) is 0 Å². The van der Waals surface area contributed by atoms with Gasteiger partial charge in [-0.25, -0.2) is 9.78 Å². The maximum Gasteiger partial charge on any atom is 0.332 e. The van der Waals surface area contributed by atoms with Crippen LogP contribution in [0.5, 0.6) is 0 Å². The number of nitrogens with zero attached hydrogens (tertiary/aromatic N) is 3. The van der Waals surface area contributed by atoms with Crippen LogP contribution in [0.1, 0.15) is 12.6 Å². The number of aliphatic carboxylic acids is 1. The number of fused-ring (bicyclic) bond motifs is 1. The zero-order chi connectivity index (χ0) is 21.3. The molecule has 11 nitrogen and oxygen atoms in total. The van der Waals surface area contributed by atoms with Crippen molar-refractivity contribution in [2.45, 2.75) is 18.3 Å². The maximum atomic E-state index is 12.7. The molecule has 2 amide bonds. The highest BCUT2D eigenvalue weighted by molar-refractivity contribution is 8.00. The Balaban J connectivity index is 1.74. The zero-order valence-electron chi connectivity index (χ0n) is 15.2. The Morgan fingerprint density at radius 1 is 1.55 bits per heavy atom. The Kier molecular flexibility index (Phi) is 5.61. The first-order valence-corrected chi connectivity index (χ1v) is 10.2. The van der Waals surface area contributed by atoms with E-state index in [0.29, 0.717) is 0 Å². The van der Waals surface area contributed by atoms with Gasteiger partial charge in [-0.15, -0.1) is 29.7 Å². The van der Waals surface area contributed by atoms with Gasteiger partial charge in [0.2, 0.25) is 5.91 Å². The highest BCUT2D eigenvalue weighted by Gasteiger charge is 2.56. The number of carboxylic acids is 1. The monoisotopic (exact) mass is 439 g/mol. The van der Waals surface area contributed by atoms with E-state index in [-0.39, 0.29) is 28.8 Å². The maximum absolute atomic E-state index is 12.7. The minimum absolute atomic E-state index is 0.0221. The number of carbonyl (C=O) groups excluding carboxylic acids is 3. The highest BCUT2D eigenvalue weighted by atomic mass is 32.2. The van der Waals surface area contributed by atoms with Gasteiger partial charge in [-0.3, -0.25) is 14.4 Å². The summed E-state index contributed by atoms with van der Waals surface area (Å²) in [5, 5.41) is 16.8. The lowest BCUT2D eigenvalue weighted by Gasteiger charge is -2.53.